The molecule has 0 N–H and O–H groups in total. The van der Waals surface area contributed by atoms with Gasteiger partial charge in [0.05, 0.1) is 16.7 Å². The van der Waals surface area contributed by atoms with Crippen LogP contribution >= 0.6 is 0 Å². The first-order valence-corrected chi connectivity index (χ1v) is 10.2. The van der Waals surface area contributed by atoms with Crippen molar-refractivity contribution in [3.63, 3.8) is 0 Å². The van der Waals surface area contributed by atoms with E-state index >= 15 is 0 Å². The van der Waals surface area contributed by atoms with Crippen LogP contribution in [-0.4, -0.2) is 9.55 Å². The average molecular weight is 377 g/mol. The van der Waals surface area contributed by atoms with Gasteiger partial charge < -0.3 is 0 Å². The van der Waals surface area contributed by atoms with E-state index in [4.69, 9.17) is 4.98 Å². The Balaban J connectivity index is 1.97. The molecule has 0 aliphatic rings. The van der Waals surface area contributed by atoms with Gasteiger partial charge in [-0.2, -0.15) is 0 Å². The van der Waals surface area contributed by atoms with Crippen LogP contribution in [0.4, 0.5) is 0 Å². The first-order chi connectivity index (χ1) is 14.1. The largest absolute Gasteiger partial charge is 0.291 e. The van der Waals surface area contributed by atoms with Crippen molar-refractivity contribution >= 4 is 21.8 Å². The van der Waals surface area contributed by atoms with E-state index in [0.717, 1.165) is 16.9 Å². The quantitative estimate of drug-likeness (QED) is 0.323. The zero-order chi connectivity index (χ0) is 20.0. The first kappa shape index (κ1) is 17.7. The predicted molar refractivity (Wildman–Crippen MR) is 123 cm³/mol. The van der Waals surface area contributed by atoms with Crippen molar-refractivity contribution in [2.75, 3.05) is 0 Å². The molecule has 5 aromatic rings. The fourth-order valence-electron chi connectivity index (χ4n) is 4.19. The summed E-state index contributed by atoms with van der Waals surface area (Å²) in [6.45, 7) is 6.69. The van der Waals surface area contributed by atoms with Gasteiger partial charge in [-0.1, -0.05) is 92.2 Å². The molecule has 0 aliphatic heterocycles. The van der Waals surface area contributed by atoms with E-state index in [-0.39, 0.29) is 0 Å². The van der Waals surface area contributed by atoms with Crippen LogP contribution < -0.4 is 0 Å². The molecule has 0 saturated heterocycles. The maximum atomic E-state index is 5.10. The maximum absolute atomic E-state index is 5.10. The Bertz CT molecular complexity index is 1330. The topological polar surface area (TPSA) is 17.8 Å². The van der Waals surface area contributed by atoms with Crippen LogP contribution in [0.2, 0.25) is 0 Å². The summed E-state index contributed by atoms with van der Waals surface area (Å²) in [6.07, 6.45) is 0. The second kappa shape index (κ2) is 6.89. The summed E-state index contributed by atoms with van der Waals surface area (Å²) in [5, 5.41) is 2.47. The highest BCUT2D eigenvalue weighted by atomic mass is 15.1. The highest BCUT2D eigenvalue weighted by Gasteiger charge is 2.19. The zero-order valence-electron chi connectivity index (χ0n) is 17.1. The molecule has 0 amide bonds. The molecule has 0 saturated carbocycles. The molecule has 0 spiro atoms. The number of aryl methyl sites for hydroxylation is 1. The molecule has 0 fully saturated rings. The lowest BCUT2D eigenvalue weighted by Crippen LogP contribution is -2.04. The van der Waals surface area contributed by atoms with E-state index in [1.165, 1.54) is 33.1 Å². The highest BCUT2D eigenvalue weighted by molar-refractivity contribution is 6.06. The number of benzene rings is 4. The summed E-state index contributed by atoms with van der Waals surface area (Å²) in [6, 6.07) is 30.2. The van der Waals surface area contributed by atoms with Gasteiger partial charge in [0.15, 0.2) is 0 Å². The standard InChI is InChI=1S/C27H24N2/c1-18(2)23-17-19(3)13-16-25(23)29-26-22-12-8-7-9-20(22)14-15-24(26)28-27(29)21-10-5-4-6-11-21/h4-18H,1-3H3. The van der Waals surface area contributed by atoms with Gasteiger partial charge in [-0.15, -0.1) is 0 Å². The number of hydrogen-bond acceptors (Lipinski definition) is 1. The van der Waals surface area contributed by atoms with Gasteiger partial charge >= 0.3 is 0 Å². The minimum absolute atomic E-state index is 0.418. The number of aromatic nitrogens is 2. The third-order valence-electron chi connectivity index (χ3n) is 5.62. The van der Waals surface area contributed by atoms with Crippen molar-refractivity contribution in [3.8, 4) is 17.1 Å². The van der Waals surface area contributed by atoms with Crippen molar-refractivity contribution in [1.82, 2.24) is 9.55 Å². The molecule has 2 nitrogen and oxygen atoms in total. The van der Waals surface area contributed by atoms with Crippen molar-refractivity contribution < 1.29 is 0 Å². The summed E-state index contributed by atoms with van der Waals surface area (Å²) < 4.78 is 2.36. The Labute approximate surface area is 171 Å². The number of fused-ring (bicyclic) bond motifs is 3. The summed E-state index contributed by atoms with van der Waals surface area (Å²) >= 11 is 0. The van der Waals surface area contributed by atoms with Gasteiger partial charge in [0.25, 0.3) is 0 Å². The third-order valence-corrected chi connectivity index (χ3v) is 5.62. The van der Waals surface area contributed by atoms with Crippen LogP contribution in [-0.2, 0) is 0 Å². The van der Waals surface area contributed by atoms with Gasteiger partial charge in [-0.25, -0.2) is 4.98 Å². The maximum Gasteiger partial charge on any atom is 0.145 e. The van der Waals surface area contributed by atoms with Crippen LogP contribution in [0, 0.1) is 6.92 Å². The SMILES string of the molecule is Cc1ccc(-n2c(-c3ccccc3)nc3ccc4ccccc4c32)c(C(C)C)c1. The predicted octanol–water partition coefficient (Wildman–Crippen LogP) is 7.28. The van der Waals surface area contributed by atoms with Crippen LogP contribution in [0.5, 0.6) is 0 Å². The minimum atomic E-state index is 0.418. The van der Waals surface area contributed by atoms with Crippen LogP contribution in [0.15, 0.2) is 84.9 Å². The normalized spacial score (nSPS) is 11.6. The Kier molecular flexibility index (Phi) is 4.21. The lowest BCUT2D eigenvalue weighted by atomic mass is 9.98. The van der Waals surface area contributed by atoms with E-state index in [2.05, 4.69) is 110 Å². The first-order valence-electron chi connectivity index (χ1n) is 10.2. The molecular weight excluding hydrogens is 352 g/mol. The Morgan fingerprint density at radius 2 is 1.55 bits per heavy atom. The lowest BCUT2D eigenvalue weighted by molar-refractivity contribution is 0.849. The number of rotatable bonds is 3. The third kappa shape index (κ3) is 2.92. The molecule has 1 heterocycles. The van der Waals surface area contributed by atoms with Crippen LogP contribution in [0.1, 0.15) is 30.9 Å². The molecule has 0 aliphatic carbocycles. The van der Waals surface area contributed by atoms with Crippen molar-refractivity contribution in [2.24, 2.45) is 0 Å². The van der Waals surface area contributed by atoms with Gasteiger partial charge in [-0.05, 0) is 35.9 Å². The monoisotopic (exact) mass is 376 g/mol. The Morgan fingerprint density at radius 3 is 2.34 bits per heavy atom. The van der Waals surface area contributed by atoms with Crippen molar-refractivity contribution in [1.29, 1.82) is 0 Å². The summed E-state index contributed by atoms with van der Waals surface area (Å²) in [7, 11) is 0. The molecule has 0 atom stereocenters. The Morgan fingerprint density at radius 1 is 0.793 bits per heavy atom. The molecule has 5 rings (SSSR count). The van der Waals surface area contributed by atoms with E-state index in [1.54, 1.807) is 0 Å². The van der Waals surface area contributed by atoms with Gasteiger partial charge in [0.2, 0.25) is 0 Å². The van der Waals surface area contributed by atoms with E-state index in [0.29, 0.717) is 5.92 Å². The number of imidazole rings is 1. The molecule has 29 heavy (non-hydrogen) atoms. The second-order valence-electron chi connectivity index (χ2n) is 8.01. The minimum Gasteiger partial charge on any atom is -0.291 e. The van der Waals surface area contributed by atoms with Crippen LogP contribution in [0.25, 0.3) is 38.9 Å². The van der Waals surface area contributed by atoms with Crippen molar-refractivity contribution in [3.05, 3.63) is 96.1 Å². The summed E-state index contributed by atoms with van der Waals surface area (Å²) in [5.74, 6) is 1.41. The molecule has 2 heteroatoms. The van der Waals surface area contributed by atoms with Crippen molar-refractivity contribution in [2.45, 2.75) is 26.7 Å². The molecule has 0 unspecified atom stereocenters. The highest BCUT2D eigenvalue weighted by Crippen LogP contribution is 2.36. The average Bonchev–Trinajstić information content (AvgIpc) is 3.14. The molecule has 0 radical (unpaired) electrons. The summed E-state index contributed by atoms with van der Waals surface area (Å²) in [5.41, 5.74) is 7.17. The van der Waals surface area contributed by atoms with E-state index < -0.39 is 0 Å². The smallest absolute Gasteiger partial charge is 0.145 e. The lowest BCUT2D eigenvalue weighted by Gasteiger charge is -2.18. The molecule has 0 bridgehead atoms. The molecular formula is C27H24N2. The van der Waals surface area contributed by atoms with E-state index in [9.17, 15) is 0 Å². The number of nitrogens with zero attached hydrogens (tertiary/aromatic N) is 2. The Hall–Kier alpha value is -3.39. The van der Waals surface area contributed by atoms with Gasteiger partial charge in [-0.3, -0.25) is 4.57 Å². The summed E-state index contributed by atoms with van der Waals surface area (Å²) in [4.78, 5) is 5.10. The number of hydrogen-bond donors (Lipinski definition) is 0. The van der Waals surface area contributed by atoms with E-state index in [1.807, 2.05) is 0 Å². The fraction of sp³-hybridized carbons (Fsp3) is 0.148. The zero-order valence-corrected chi connectivity index (χ0v) is 17.1. The molecule has 142 valence electrons. The molecule has 4 aromatic carbocycles. The second-order valence-corrected chi connectivity index (χ2v) is 8.01. The fourth-order valence-corrected chi connectivity index (χ4v) is 4.19. The van der Waals surface area contributed by atoms with Gasteiger partial charge in [0.1, 0.15) is 5.82 Å². The van der Waals surface area contributed by atoms with Crippen LogP contribution in [0.3, 0.4) is 0 Å². The molecule has 1 aromatic heterocycles. The van der Waals surface area contributed by atoms with Gasteiger partial charge in [0, 0.05) is 10.9 Å².